The summed E-state index contributed by atoms with van der Waals surface area (Å²) in [5, 5.41) is 1.05. The Morgan fingerprint density at radius 3 is 2.65 bits per heavy atom. The fourth-order valence-electron chi connectivity index (χ4n) is 4.53. The number of hydrogen-bond acceptors (Lipinski definition) is 5. The van der Waals surface area contributed by atoms with Gasteiger partial charge in [0.1, 0.15) is 4.83 Å². The summed E-state index contributed by atoms with van der Waals surface area (Å²) in [5.41, 5.74) is 2.10. The minimum Gasteiger partial charge on any atom is -0.378 e. The molecule has 0 aliphatic carbocycles. The molecule has 1 aromatic carbocycles. The van der Waals surface area contributed by atoms with Crippen molar-refractivity contribution in [3.63, 3.8) is 0 Å². The average molecular weight is 436 g/mol. The maximum Gasteiger partial charge on any atom is 0.264 e. The van der Waals surface area contributed by atoms with E-state index in [4.69, 9.17) is 4.74 Å². The molecule has 2 amide bonds. The van der Waals surface area contributed by atoms with Gasteiger partial charge in [-0.25, -0.2) is 4.98 Å². The van der Waals surface area contributed by atoms with Gasteiger partial charge in [-0.3, -0.25) is 9.59 Å². The Morgan fingerprint density at radius 1 is 1.03 bits per heavy atom. The van der Waals surface area contributed by atoms with Crippen LogP contribution < -0.4 is 0 Å². The lowest BCUT2D eigenvalue weighted by Gasteiger charge is -2.27. The molecule has 1 atom stereocenters. The first-order chi connectivity index (χ1) is 15.2. The summed E-state index contributed by atoms with van der Waals surface area (Å²) < 4.78 is 5.42. The smallest absolute Gasteiger partial charge is 0.264 e. The van der Waals surface area contributed by atoms with Gasteiger partial charge in [0.2, 0.25) is 5.91 Å². The van der Waals surface area contributed by atoms with Crippen LogP contribution in [0.5, 0.6) is 0 Å². The number of nitrogens with zero attached hydrogens (tertiary/aromatic N) is 3. The van der Waals surface area contributed by atoms with Crippen molar-refractivity contribution in [3.05, 3.63) is 64.7 Å². The molecule has 2 aromatic heterocycles. The van der Waals surface area contributed by atoms with Crippen LogP contribution in [0, 0.1) is 0 Å². The number of carbonyl (C=O) groups excluding carboxylic acids is 2. The monoisotopic (exact) mass is 435 g/mol. The van der Waals surface area contributed by atoms with E-state index < -0.39 is 0 Å². The van der Waals surface area contributed by atoms with Gasteiger partial charge in [-0.2, -0.15) is 0 Å². The molecule has 6 nitrogen and oxygen atoms in total. The zero-order valence-electron chi connectivity index (χ0n) is 17.3. The Kier molecular flexibility index (Phi) is 5.70. The highest BCUT2D eigenvalue weighted by molar-refractivity contribution is 7.20. The van der Waals surface area contributed by atoms with Crippen LogP contribution in [0.4, 0.5) is 0 Å². The second-order valence-electron chi connectivity index (χ2n) is 8.09. The SMILES string of the molecule is O=C(Cc1ccccc1)N1CC[C@H](c2c(C(=O)N3CCOCC3)sc3ncccc23)C1. The summed E-state index contributed by atoms with van der Waals surface area (Å²) in [5.74, 6) is 0.362. The molecule has 2 aliphatic rings. The van der Waals surface area contributed by atoms with Crippen molar-refractivity contribution in [2.24, 2.45) is 0 Å². The summed E-state index contributed by atoms with van der Waals surface area (Å²) in [6.45, 7) is 3.76. The fraction of sp³-hybridized carbons (Fsp3) is 0.375. The van der Waals surface area contributed by atoms with Crippen molar-refractivity contribution in [2.45, 2.75) is 18.8 Å². The number of morpholine rings is 1. The van der Waals surface area contributed by atoms with Gasteiger partial charge < -0.3 is 14.5 Å². The summed E-state index contributed by atoms with van der Waals surface area (Å²) in [6, 6.07) is 13.8. The van der Waals surface area contributed by atoms with E-state index in [0.29, 0.717) is 39.3 Å². The lowest BCUT2D eigenvalue weighted by atomic mass is 9.95. The van der Waals surface area contributed by atoms with Crippen molar-refractivity contribution >= 4 is 33.4 Å². The lowest BCUT2D eigenvalue weighted by molar-refractivity contribution is -0.129. The van der Waals surface area contributed by atoms with Crippen molar-refractivity contribution in [3.8, 4) is 0 Å². The quantitative estimate of drug-likeness (QED) is 0.631. The Hall–Kier alpha value is -2.77. The second kappa shape index (κ2) is 8.77. The maximum atomic E-state index is 13.4. The van der Waals surface area contributed by atoms with Gasteiger partial charge in [-0.1, -0.05) is 36.4 Å². The van der Waals surface area contributed by atoms with Crippen molar-refractivity contribution in [1.82, 2.24) is 14.8 Å². The van der Waals surface area contributed by atoms with Gasteiger partial charge >= 0.3 is 0 Å². The van der Waals surface area contributed by atoms with Crippen LogP contribution in [0.25, 0.3) is 10.2 Å². The minimum absolute atomic E-state index is 0.0652. The first kappa shape index (κ1) is 20.2. The summed E-state index contributed by atoms with van der Waals surface area (Å²) in [7, 11) is 0. The third kappa shape index (κ3) is 4.07. The number of hydrogen-bond donors (Lipinski definition) is 0. The molecule has 3 aromatic rings. The van der Waals surface area contributed by atoms with E-state index in [-0.39, 0.29) is 17.7 Å². The van der Waals surface area contributed by atoms with Gasteiger partial charge in [0, 0.05) is 43.7 Å². The highest BCUT2D eigenvalue weighted by Gasteiger charge is 2.34. The largest absolute Gasteiger partial charge is 0.378 e. The molecule has 5 rings (SSSR count). The molecule has 2 aliphatic heterocycles. The lowest BCUT2D eigenvalue weighted by Crippen LogP contribution is -2.40. The van der Waals surface area contributed by atoms with Gasteiger partial charge in [0.05, 0.1) is 24.5 Å². The van der Waals surface area contributed by atoms with E-state index in [0.717, 1.165) is 39.2 Å². The molecule has 0 bridgehead atoms. The summed E-state index contributed by atoms with van der Waals surface area (Å²) in [6.07, 6.45) is 3.06. The molecule has 0 radical (unpaired) electrons. The van der Waals surface area contributed by atoms with Crippen LogP contribution in [-0.4, -0.2) is 66.0 Å². The summed E-state index contributed by atoms with van der Waals surface area (Å²) in [4.78, 5) is 36.3. The Morgan fingerprint density at radius 2 is 1.84 bits per heavy atom. The predicted octanol–water partition coefficient (Wildman–Crippen LogP) is 3.33. The topological polar surface area (TPSA) is 62.7 Å². The number of rotatable bonds is 4. The molecular weight excluding hydrogens is 410 g/mol. The number of fused-ring (bicyclic) bond motifs is 1. The molecule has 4 heterocycles. The van der Waals surface area contributed by atoms with Crippen LogP contribution >= 0.6 is 11.3 Å². The molecule has 0 unspecified atom stereocenters. The van der Waals surface area contributed by atoms with Gasteiger partial charge in [0.25, 0.3) is 5.91 Å². The van der Waals surface area contributed by atoms with Crippen molar-refractivity contribution < 1.29 is 14.3 Å². The third-order valence-electron chi connectivity index (χ3n) is 6.14. The number of thiophene rings is 1. The normalized spacial score (nSPS) is 19.2. The molecule has 7 heteroatoms. The number of likely N-dealkylation sites (tertiary alicyclic amines) is 1. The van der Waals surface area contributed by atoms with Gasteiger partial charge in [-0.15, -0.1) is 11.3 Å². The molecule has 0 saturated carbocycles. The number of aromatic nitrogens is 1. The van der Waals surface area contributed by atoms with Crippen LogP contribution in [0.1, 0.15) is 33.1 Å². The zero-order valence-corrected chi connectivity index (χ0v) is 18.1. The Labute approximate surface area is 185 Å². The molecule has 2 saturated heterocycles. The van der Waals surface area contributed by atoms with Crippen LogP contribution in [0.15, 0.2) is 48.7 Å². The predicted molar refractivity (Wildman–Crippen MR) is 120 cm³/mol. The van der Waals surface area contributed by atoms with Gasteiger partial charge in [-0.05, 0) is 23.6 Å². The number of pyridine rings is 1. The van der Waals surface area contributed by atoms with E-state index >= 15 is 0 Å². The third-order valence-corrected chi connectivity index (χ3v) is 7.26. The fourth-order valence-corrected chi connectivity index (χ4v) is 5.73. The molecule has 160 valence electrons. The first-order valence-corrected chi connectivity index (χ1v) is 11.6. The molecule has 0 N–H and O–H groups in total. The van der Waals surface area contributed by atoms with Crippen molar-refractivity contribution in [2.75, 3.05) is 39.4 Å². The Bertz CT molecular complexity index is 1090. The van der Waals surface area contributed by atoms with E-state index in [1.807, 2.05) is 46.2 Å². The minimum atomic E-state index is 0.0652. The van der Waals surface area contributed by atoms with E-state index in [1.54, 1.807) is 6.20 Å². The Balaban J connectivity index is 1.40. The standard InChI is InChI=1S/C24H25N3O3S/c28-20(15-17-5-2-1-3-6-17)27-10-8-18(16-27)21-19-7-4-9-25-23(19)31-22(21)24(29)26-11-13-30-14-12-26/h1-7,9,18H,8,10-16H2/t18-/m0/s1. The highest BCUT2D eigenvalue weighted by atomic mass is 32.1. The van der Waals surface area contributed by atoms with Crippen LogP contribution in [0.2, 0.25) is 0 Å². The number of benzene rings is 1. The number of carbonyl (C=O) groups is 2. The van der Waals surface area contributed by atoms with E-state index in [9.17, 15) is 9.59 Å². The molecule has 0 spiro atoms. The number of ether oxygens (including phenoxy) is 1. The van der Waals surface area contributed by atoms with Gasteiger partial charge in [0.15, 0.2) is 0 Å². The average Bonchev–Trinajstić information content (AvgIpc) is 3.44. The number of amides is 2. The maximum absolute atomic E-state index is 13.4. The highest BCUT2D eigenvalue weighted by Crippen LogP contribution is 2.40. The van der Waals surface area contributed by atoms with Crippen LogP contribution in [-0.2, 0) is 16.0 Å². The second-order valence-corrected chi connectivity index (χ2v) is 9.09. The van der Waals surface area contributed by atoms with E-state index in [1.165, 1.54) is 11.3 Å². The van der Waals surface area contributed by atoms with E-state index in [2.05, 4.69) is 11.1 Å². The zero-order chi connectivity index (χ0) is 21.2. The summed E-state index contributed by atoms with van der Waals surface area (Å²) >= 11 is 1.48. The first-order valence-electron chi connectivity index (χ1n) is 10.8. The van der Waals surface area contributed by atoms with Crippen molar-refractivity contribution in [1.29, 1.82) is 0 Å². The van der Waals surface area contributed by atoms with Crippen LogP contribution in [0.3, 0.4) is 0 Å². The molecule has 31 heavy (non-hydrogen) atoms. The molecular formula is C24H25N3O3S. The molecule has 2 fully saturated rings.